The van der Waals surface area contributed by atoms with Crippen molar-refractivity contribution in [1.29, 1.82) is 0 Å². The van der Waals surface area contributed by atoms with Crippen LogP contribution < -0.4 is 4.90 Å². The van der Waals surface area contributed by atoms with E-state index in [1.54, 1.807) is 11.1 Å². The molecule has 9 heteroatoms. The van der Waals surface area contributed by atoms with Gasteiger partial charge in [-0.3, -0.25) is 14.7 Å². The molecular formula is C23H27F3N4O2. The second-order valence-corrected chi connectivity index (χ2v) is 8.47. The number of hydrogen-bond donors (Lipinski definition) is 1. The Hall–Kier alpha value is -2.65. The van der Waals surface area contributed by atoms with Gasteiger partial charge >= 0.3 is 6.18 Å². The molecule has 0 unspecified atom stereocenters. The Kier molecular flexibility index (Phi) is 6.39. The lowest BCUT2D eigenvalue weighted by molar-refractivity contribution is -0.137. The predicted molar refractivity (Wildman–Crippen MR) is 114 cm³/mol. The van der Waals surface area contributed by atoms with E-state index < -0.39 is 17.3 Å². The van der Waals surface area contributed by atoms with Gasteiger partial charge in [0.15, 0.2) is 0 Å². The molecule has 3 heterocycles. The minimum Gasteiger partial charge on any atom is -0.385 e. The second-order valence-electron chi connectivity index (χ2n) is 8.47. The average Bonchev–Trinajstić information content (AvgIpc) is 2.80. The Morgan fingerprint density at radius 1 is 1.03 bits per heavy atom. The maximum Gasteiger partial charge on any atom is 0.416 e. The first-order chi connectivity index (χ1) is 15.2. The van der Waals surface area contributed by atoms with Gasteiger partial charge in [0.25, 0.3) is 0 Å². The number of anilines is 1. The van der Waals surface area contributed by atoms with Gasteiger partial charge in [0, 0.05) is 45.5 Å². The Balaban J connectivity index is 1.29. The van der Waals surface area contributed by atoms with E-state index in [0.717, 1.165) is 44.0 Å². The molecule has 1 aromatic carbocycles. The minimum atomic E-state index is -4.45. The van der Waals surface area contributed by atoms with Crippen LogP contribution in [0.1, 0.15) is 24.0 Å². The number of benzene rings is 1. The molecule has 0 aliphatic carbocycles. The summed E-state index contributed by atoms with van der Waals surface area (Å²) in [6.07, 6.45) is -0.445. The number of carbonyl (C=O) groups is 1. The van der Waals surface area contributed by atoms with E-state index in [1.807, 2.05) is 18.3 Å². The van der Waals surface area contributed by atoms with Gasteiger partial charge in [-0.25, -0.2) is 0 Å². The molecule has 32 heavy (non-hydrogen) atoms. The van der Waals surface area contributed by atoms with Crippen LogP contribution in [0.3, 0.4) is 0 Å². The summed E-state index contributed by atoms with van der Waals surface area (Å²) < 4.78 is 39.1. The molecule has 2 saturated heterocycles. The molecule has 0 bridgehead atoms. The molecule has 2 aliphatic rings. The van der Waals surface area contributed by atoms with Gasteiger partial charge in [-0.2, -0.15) is 13.2 Å². The summed E-state index contributed by atoms with van der Waals surface area (Å²) in [5.74, 6) is -0.00841. The van der Waals surface area contributed by atoms with Gasteiger partial charge < -0.3 is 14.9 Å². The van der Waals surface area contributed by atoms with E-state index in [-0.39, 0.29) is 24.3 Å². The number of aliphatic hydroxyl groups is 1. The number of piperazine rings is 1. The van der Waals surface area contributed by atoms with Gasteiger partial charge in [-0.1, -0.05) is 12.1 Å². The van der Waals surface area contributed by atoms with Gasteiger partial charge in [-0.05, 0) is 42.7 Å². The van der Waals surface area contributed by atoms with E-state index in [0.29, 0.717) is 19.6 Å². The first-order valence-electron chi connectivity index (χ1n) is 10.8. The highest BCUT2D eigenvalue weighted by atomic mass is 19.4. The Morgan fingerprint density at radius 2 is 1.75 bits per heavy atom. The van der Waals surface area contributed by atoms with E-state index in [1.165, 1.54) is 12.1 Å². The van der Waals surface area contributed by atoms with Gasteiger partial charge in [0.05, 0.1) is 29.6 Å². The Labute approximate surface area is 185 Å². The zero-order valence-electron chi connectivity index (χ0n) is 17.8. The van der Waals surface area contributed by atoms with Crippen molar-refractivity contribution >= 4 is 11.6 Å². The average molecular weight is 448 g/mol. The third-order valence-corrected chi connectivity index (χ3v) is 6.41. The first kappa shape index (κ1) is 22.5. The molecule has 1 amide bonds. The molecule has 6 nitrogen and oxygen atoms in total. The number of carbonyl (C=O) groups excluding carboxylic acids is 1. The number of likely N-dealkylation sites (tertiary alicyclic amines) is 1. The largest absolute Gasteiger partial charge is 0.416 e. The van der Waals surface area contributed by atoms with Crippen molar-refractivity contribution in [3.05, 3.63) is 59.9 Å². The van der Waals surface area contributed by atoms with Crippen molar-refractivity contribution in [3.8, 4) is 0 Å². The monoisotopic (exact) mass is 448 g/mol. The van der Waals surface area contributed by atoms with Crippen molar-refractivity contribution in [2.24, 2.45) is 0 Å². The van der Waals surface area contributed by atoms with Crippen LogP contribution in [0, 0.1) is 0 Å². The van der Waals surface area contributed by atoms with Crippen LogP contribution in [-0.4, -0.2) is 71.6 Å². The van der Waals surface area contributed by atoms with E-state index in [2.05, 4.69) is 14.8 Å². The lowest BCUT2D eigenvalue weighted by Gasteiger charge is -2.40. The molecule has 1 aromatic heterocycles. The molecule has 1 N–H and O–H groups in total. The van der Waals surface area contributed by atoms with Gasteiger partial charge in [0.2, 0.25) is 5.91 Å². The maximum atomic E-state index is 13.0. The number of amides is 1. The third kappa shape index (κ3) is 5.05. The number of rotatable bonds is 4. The van der Waals surface area contributed by atoms with Gasteiger partial charge in [-0.15, -0.1) is 0 Å². The lowest BCUT2D eigenvalue weighted by Crippen LogP contribution is -2.52. The predicted octanol–water partition coefficient (Wildman–Crippen LogP) is 2.73. The van der Waals surface area contributed by atoms with Crippen molar-refractivity contribution < 1.29 is 23.1 Å². The zero-order chi connectivity index (χ0) is 22.8. The number of halogens is 3. The summed E-state index contributed by atoms with van der Waals surface area (Å²) in [7, 11) is 0. The normalized spacial score (nSPS) is 19.8. The Morgan fingerprint density at radius 3 is 2.38 bits per heavy atom. The van der Waals surface area contributed by atoms with Crippen molar-refractivity contribution in [1.82, 2.24) is 14.8 Å². The van der Waals surface area contributed by atoms with Crippen LogP contribution in [-0.2, 0) is 16.6 Å². The molecule has 0 radical (unpaired) electrons. The minimum absolute atomic E-state index is 0.00841. The molecule has 0 spiro atoms. The van der Waals surface area contributed by atoms with Crippen LogP contribution in [0.4, 0.5) is 18.9 Å². The number of nitrogens with zero attached hydrogens (tertiary/aromatic N) is 4. The fourth-order valence-electron chi connectivity index (χ4n) is 4.40. The van der Waals surface area contributed by atoms with Gasteiger partial charge in [0.1, 0.15) is 0 Å². The summed E-state index contributed by atoms with van der Waals surface area (Å²) in [5, 5.41) is 11.0. The summed E-state index contributed by atoms with van der Waals surface area (Å²) in [5.41, 5.74) is -0.797. The molecule has 0 saturated carbocycles. The summed E-state index contributed by atoms with van der Waals surface area (Å²) in [6, 6.07) is 8.78. The number of aromatic nitrogens is 1. The lowest BCUT2D eigenvalue weighted by atomic mass is 9.83. The highest BCUT2D eigenvalue weighted by Crippen LogP contribution is 2.36. The Bertz CT molecular complexity index is 922. The van der Waals surface area contributed by atoms with Crippen LogP contribution in [0.25, 0.3) is 0 Å². The quantitative estimate of drug-likeness (QED) is 0.780. The van der Waals surface area contributed by atoms with Crippen molar-refractivity contribution in [2.75, 3.05) is 50.7 Å². The highest BCUT2D eigenvalue weighted by Gasteiger charge is 2.38. The second kappa shape index (κ2) is 9.07. The maximum absolute atomic E-state index is 13.0. The molecule has 2 aliphatic heterocycles. The van der Waals surface area contributed by atoms with E-state index in [9.17, 15) is 23.1 Å². The van der Waals surface area contributed by atoms with E-state index >= 15 is 0 Å². The molecule has 4 rings (SSSR count). The van der Waals surface area contributed by atoms with Crippen molar-refractivity contribution in [2.45, 2.75) is 24.6 Å². The zero-order valence-corrected chi connectivity index (χ0v) is 17.8. The topological polar surface area (TPSA) is 59.9 Å². The fraction of sp³-hybridized carbons (Fsp3) is 0.478. The van der Waals surface area contributed by atoms with Crippen LogP contribution in [0.15, 0.2) is 48.8 Å². The third-order valence-electron chi connectivity index (χ3n) is 6.41. The smallest absolute Gasteiger partial charge is 0.385 e. The summed E-state index contributed by atoms with van der Waals surface area (Å²) in [6.45, 7) is 4.11. The molecule has 0 atom stereocenters. The SMILES string of the molecule is O=C(CN1CCN(c2cccnc2)CC1)N1CCC(O)(c2cccc(C(F)(F)F)c2)CC1. The van der Waals surface area contributed by atoms with Crippen LogP contribution in [0.2, 0.25) is 0 Å². The fourth-order valence-corrected chi connectivity index (χ4v) is 4.40. The van der Waals surface area contributed by atoms with E-state index in [4.69, 9.17) is 0 Å². The van der Waals surface area contributed by atoms with Crippen LogP contribution in [0.5, 0.6) is 0 Å². The molecule has 2 fully saturated rings. The number of alkyl halides is 3. The first-order valence-corrected chi connectivity index (χ1v) is 10.8. The number of piperidine rings is 1. The molecule has 2 aromatic rings. The number of pyridine rings is 1. The molecule has 172 valence electrons. The van der Waals surface area contributed by atoms with Crippen LogP contribution >= 0.6 is 0 Å². The summed E-state index contributed by atoms with van der Waals surface area (Å²) in [4.78, 5) is 23.0. The van der Waals surface area contributed by atoms with Crippen molar-refractivity contribution in [3.63, 3.8) is 0 Å². The molecular weight excluding hydrogens is 421 g/mol. The summed E-state index contributed by atoms with van der Waals surface area (Å²) >= 11 is 0. The number of hydrogen-bond acceptors (Lipinski definition) is 5. The standard InChI is InChI=1S/C23H27F3N4O2/c24-23(25,26)19-4-1-3-18(15-19)22(32)6-9-30(10-7-22)21(31)17-28-11-13-29(14-12-28)20-5-2-8-27-16-20/h1-5,8,15-16,32H,6-7,9-14,17H2. The highest BCUT2D eigenvalue weighted by molar-refractivity contribution is 5.78.